The number of ether oxygens (including phenoxy) is 1. The van der Waals surface area contributed by atoms with Crippen molar-refractivity contribution in [1.29, 1.82) is 0 Å². The quantitative estimate of drug-likeness (QED) is 0.467. The number of carbonyl (C=O) groups is 3. The smallest absolute Gasteiger partial charge is 0.350 e. The molecule has 0 saturated carbocycles. The van der Waals surface area contributed by atoms with Crippen LogP contribution in [0.5, 0.6) is 0 Å². The lowest BCUT2D eigenvalue weighted by Crippen LogP contribution is -2.50. The first-order chi connectivity index (χ1) is 16.9. The molecule has 182 valence electrons. The van der Waals surface area contributed by atoms with Crippen molar-refractivity contribution in [2.45, 2.75) is 6.92 Å². The molecule has 2 aromatic carbocycles. The van der Waals surface area contributed by atoms with E-state index in [1.165, 1.54) is 11.3 Å². The van der Waals surface area contributed by atoms with Crippen molar-refractivity contribution in [3.8, 4) is 10.4 Å². The zero-order valence-corrected chi connectivity index (χ0v) is 20.9. The van der Waals surface area contributed by atoms with Crippen molar-refractivity contribution in [3.05, 3.63) is 76.1 Å². The molecule has 0 spiro atoms. The van der Waals surface area contributed by atoms with E-state index in [2.05, 4.69) is 5.32 Å². The molecule has 0 aliphatic carbocycles. The summed E-state index contributed by atoms with van der Waals surface area (Å²) in [7, 11) is 0. The molecule has 0 atom stereocenters. The second kappa shape index (κ2) is 11.5. The zero-order chi connectivity index (χ0) is 24.8. The summed E-state index contributed by atoms with van der Waals surface area (Å²) in [5, 5.41) is 3.50. The molecular weight excluding hydrogens is 486 g/mol. The van der Waals surface area contributed by atoms with Gasteiger partial charge in [-0.1, -0.05) is 41.9 Å². The molecule has 7 nitrogen and oxygen atoms in total. The van der Waals surface area contributed by atoms with Gasteiger partial charge in [0.25, 0.3) is 5.91 Å². The first-order valence-corrected chi connectivity index (χ1v) is 12.6. The Hall–Kier alpha value is -3.20. The number of rotatable bonds is 7. The first-order valence-electron chi connectivity index (χ1n) is 11.4. The maximum Gasteiger partial charge on any atom is 0.350 e. The summed E-state index contributed by atoms with van der Waals surface area (Å²) in [4.78, 5) is 43.0. The molecule has 1 fully saturated rings. The summed E-state index contributed by atoms with van der Waals surface area (Å²) in [5.74, 6) is -0.693. The lowest BCUT2D eigenvalue weighted by atomic mass is 10.2. The molecule has 3 aromatic rings. The number of benzene rings is 2. The highest BCUT2D eigenvalue weighted by atomic mass is 35.5. The van der Waals surface area contributed by atoms with Gasteiger partial charge in [0.05, 0.1) is 18.8 Å². The highest BCUT2D eigenvalue weighted by molar-refractivity contribution is 7.18. The SMILES string of the molecule is CCOC(=O)c1sc(-c2ccc(Cl)cc2)cc1NC(=O)CN1CCN(C(=O)c2ccccc2)CC1. The summed E-state index contributed by atoms with van der Waals surface area (Å²) in [6.07, 6.45) is 0. The zero-order valence-electron chi connectivity index (χ0n) is 19.3. The minimum atomic E-state index is -0.471. The largest absolute Gasteiger partial charge is 0.462 e. The maximum atomic E-state index is 12.8. The van der Waals surface area contributed by atoms with E-state index < -0.39 is 5.97 Å². The monoisotopic (exact) mass is 511 g/mol. The Labute approximate surface area is 213 Å². The second-order valence-electron chi connectivity index (χ2n) is 8.06. The van der Waals surface area contributed by atoms with Gasteiger partial charge in [-0.05, 0) is 42.8 Å². The molecule has 9 heteroatoms. The van der Waals surface area contributed by atoms with Crippen LogP contribution in [0.4, 0.5) is 5.69 Å². The van der Waals surface area contributed by atoms with Crippen LogP contribution in [-0.4, -0.2) is 66.9 Å². The summed E-state index contributed by atoms with van der Waals surface area (Å²) in [6.45, 7) is 4.44. The van der Waals surface area contributed by atoms with E-state index in [1.54, 1.807) is 30.0 Å². The fourth-order valence-corrected chi connectivity index (χ4v) is 4.99. The van der Waals surface area contributed by atoms with Gasteiger partial charge in [-0.15, -0.1) is 11.3 Å². The van der Waals surface area contributed by atoms with Gasteiger partial charge in [-0.25, -0.2) is 4.79 Å². The lowest BCUT2D eigenvalue weighted by Gasteiger charge is -2.34. The van der Waals surface area contributed by atoms with Crippen LogP contribution < -0.4 is 5.32 Å². The topological polar surface area (TPSA) is 79.0 Å². The van der Waals surface area contributed by atoms with Crippen LogP contribution in [0.1, 0.15) is 27.0 Å². The number of hydrogen-bond donors (Lipinski definition) is 1. The van der Waals surface area contributed by atoms with Crippen LogP contribution in [0.2, 0.25) is 5.02 Å². The molecule has 1 aliphatic rings. The van der Waals surface area contributed by atoms with Crippen molar-refractivity contribution in [2.75, 3.05) is 44.6 Å². The molecule has 2 heterocycles. The van der Waals surface area contributed by atoms with Crippen LogP contribution in [0.15, 0.2) is 60.7 Å². The van der Waals surface area contributed by atoms with E-state index in [0.29, 0.717) is 47.3 Å². The van der Waals surface area contributed by atoms with E-state index in [1.807, 2.05) is 47.4 Å². The number of carbonyl (C=O) groups excluding carboxylic acids is 3. The highest BCUT2D eigenvalue weighted by Gasteiger charge is 2.25. The predicted molar refractivity (Wildman–Crippen MR) is 138 cm³/mol. The fraction of sp³-hybridized carbons (Fsp3) is 0.269. The molecule has 1 N–H and O–H groups in total. The highest BCUT2D eigenvalue weighted by Crippen LogP contribution is 2.36. The summed E-state index contributed by atoms with van der Waals surface area (Å²) < 4.78 is 5.19. The third-order valence-electron chi connectivity index (χ3n) is 5.64. The molecule has 0 radical (unpaired) electrons. The number of nitrogens with one attached hydrogen (secondary N) is 1. The Morgan fingerprint density at radius 1 is 1.00 bits per heavy atom. The Kier molecular flexibility index (Phi) is 8.17. The van der Waals surface area contributed by atoms with Gasteiger partial charge in [0.1, 0.15) is 4.88 Å². The number of nitrogens with zero attached hydrogens (tertiary/aromatic N) is 2. The van der Waals surface area contributed by atoms with E-state index in [4.69, 9.17) is 16.3 Å². The van der Waals surface area contributed by atoms with E-state index in [-0.39, 0.29) is 25.0 Å². The third-order valence-corrected chi connectivity index (χ3v) is 7.06. The van der Waals surface area contributed by atoms with Gasteiger partial charge in [0.2, 0.25) is 5.91 Å². The second-order valence-corrected chi connectivity index (χ2v) is 9.55. The van der Waals surface area contributed by atoms with Gasteiger partial charge < -0.3 is 15.0 Å². The molecule has 1 aliphatic heterocycles. The van der Waals surface area contributed by atoms with Crippen molar-refractivity contribution < 1.29 is 19.1 Å². The Bertz CT molecular complexity index is 1190. The minimum absolute atomic E-state index is 0.00165. The fourth-order valence-electron chi connectivity index (χ4n) is 3.85. The molecule has 35 heavy (non-hydrogen) atoms. The number of thiophene rings is 1. The van der Waals surface area contributed by atoms with Gasteiger partial charge in [0.15, 0.2) is 0 Å². The van der Waals surface area contributed by atoms with Gasteiger partial charge in [-0.3, -0.25) is 14.5 Å². The standard InChI is InChI=1S/C26H26ClN3O4S/c1-2-34-26(33)24-21(16-22(35-24)18-8-10-20(27)11-9-18)28-23(31)17-29-12-14-30(15-13-29)25(32)19-6-4-3-5-7-19/h3-11,16H,2,12-15,17H2,1H3,(H,28,31). The summed E-state index contributed by atoms with van der Waals surface area (Å²) in [5.41, 5.74) is 1.99. The molecule has 0 bridgehead atoms. The Morgan fingerprint density at radius 3 is 2.34 bits per heavy atom. The van der Waals surface area contributed by atoms with E-state index in [9.17, 15) is 14.4 Å². The van der Waals surface area contributed by atoms with Crippen molar-refractivity contribution >= 4 is 46.4 Å². The van der Waals surface area contributed by atoms with Crippen LogP contribution >= 0.6 is 22.9 Å². The predicted octanol–water partition coefficient (Wildman–Crippen LogP) is 4.64. The summed E-state index contributed by atoms with van der Waals surface area (Å²) in [6, 6.07) is 18.3. The number of anilines is 1. The average molecular weight is 512 g/mol. The molecule has 1 aromatic heterocycles. The number of halogens is 1. The van der Waals surface area contributed by atoms with Crippen LogP contribution in [0.25, 0.3) is 10.4 Å². The number of esters is 1. The first kappa shape index (κ1) is 24.9. The number of amides is 2. The minimum Gasteiger partial charge on any atom is -0.462 e. The summed E-state index contributed by atoms with van der Waals surface area (Å²) >= 11 is 7.26. The number of piperazine rings is 1. The van der Waals surface area contributed by atoms with Crippen LogP contribution in [-0.2, 0) is 9.53 Å². The Balaban J connectivity index is 1.39. The molecule has 1 saturated heterocycles. The van der Waals surface area contributed by atoms with Gasteiger partial charge in [-0.2, -0.15) is 0 Å². The van der Waals surface area contributed by atoms with Crippen molar-refractivity contribution in [2.24, 2.45) is 0 Å². The van der Waals surface area contributed by atoms with Gasteiger partial charge >= 0.3 is 5.97 Å². The van der Waals surface area contributed by atoms with Crippen molar-refractivity contribution in [1.82, 2.24) is 9.80 Å². The van der Waals surface area contributed by atoms with Gasteiger partial charge in [0, 0.05) is 41.6 Å². The van der Waals surface area contributed by atoms with Crippen LogP contribution in [0.3, 0.4) is 0 Å². The molecule has 0 unspecified atom stereocenters. The van der Waals surface area contributed by atoms with Crippen molar-refractivity contribution in [3.63, 3.8) is 0 Å². The molecule has 2 amide bonds. The average Bonchev–Trinajstić information content (AvgIpc) is 3.29. The third kappa shape index (κ3) is 6.28. The molecular formula is C26H26ClN3O4S. The number of hydrogen-bond acceptors (Lipinski definition) is 6. The molecule has 4 rings (SSSR count). The van der Waals surface area contributed by atoms with Crippen LogP contribution in [0, 0.1) is 0 Å². The van der Waals surface area contributed by atoms with E-state index >= 15 is 0 Å². The Morgan fingerprint density at radius 2 is 1.69 bits per heavy atom. The normalized spacial score (nSPS) is 13.9. The lowest BCUT2D eigenvalue weighted by molar-refractivity contribution is -0.117. The maximum absolute atomic E-state index is 12.8. The van der Waals surface area contributed by atoms with E-state index in [0.717, 1.165) is 10.4 Å².